The smallest absolute Gasteiger partial charge is 0.333 e. The molecule has 186 valence electrons. The molecule has 0 atom stereocenters. The standard InChI is InChI=1S/C25H29N3O7/c1-15(2)24(32)34-13-6-12-28-22(30)20(17(5)21(29)23(28)31)27-26-19-9-7-18(8-10-19)11-14-35-25(33)16(3)4/h7-10,29-30H,1,3,6,11-14H2,2,4-5H3/b27-26+. The van der Waals surface area contributed by atoms with Gasteiger partial charge in [-0.05, 0) is 44.9 Å². The minimum atomic E-state index is -0.790. The number of hydrogen-bond donors (Lipinski definition) is 2. The molecule has 1 aromatic carbocycles. The van der Waals surface area contributed by atoms with Crippen molar-refractivity contribution in [1.82, 2.24) is 4.57 Å². The first-order valence-corrected chi connectivity index (χ1v) is 10.8. The van der Waals surface area contributed by atoms with Crippen LogP contribution in [0.15, 0.2) is 63.6 Å². The van der Waals surface area contributed by atoms with Crippen LogP contribution in [0.2, 0.25) is 0 Å². The number of hydrogen-bond acceptors (Lipinski definition) is 9. The van der Waals surface area contributed by atoms with E-state index in [1.54, 1.807) is 31.2 Å². The van der Waals surface area contributed by atoms with E-state index in [1.165, 1.54) is 13.8 Å². The Labute approximate surface area is 202 Å². The molecule has 0 amide bonds. The van der Waals surface area contributed by atoms with Gasteiger partial charge in [0.1, 0.15) is 0 Å². The number of aromatic hydroxyl groups is 2. The van der Waals surface area contributed by atoms with Crippen molar-refractivity contribution < 1.29 is 29.3 Å². The van der Waals surface area contributed by atoms with Crippen molar-refractivity contribution in [2.45, 2.75) is 40.2 Å². The molecule has 35 heavy (non-hydrogen) atoms. The van der Waals surface area contributed by atoms with Crippen molar-refractivity contribution in [2.75, 3.05) is 13.2 Å². The van der Waals surface area contributed by atoms with Crippen molar-refractivity contribution in [2.24, 2.45) is 10.2 Å². The maximum absolute atomic E-state index is 12.4. The molecule has 2 aromatic rings. The summed E-state index contributed by atoms with van der Waals surface area (Å²) in [5.74, 6) is -2.02. The zero-order valence-corrected chi connectivity index (χ0v) is 20.0. The first-order chi connectivity index (χ1) is 16.5. The molecule has 2 N–H and O–H groups in total. The van der Waals surface area contributed by atoms with Crippen LogP contribution in [0, 0.1) is 6.92 Å². The van der Waals surface area contributed by atoms with Gasteiger partial charge in [-0.1, -0.05) is 25.3 Å². The molecule has 0 spiro atoms. The van der Waals surface area contributed by atoms with Crippen LogP contribution in [0.3, 0.4) is 0 Å². The molecule has 1 heterocycles. The van der Waals surface area contributed by atoms with Crippen LogP contribution in [0.4, 0.5) is 11.4 Å². The van der Waals surface area contributed by atoms with Crippen molar-refractivity contribution in [1.29, 1.82) is 0 Å². The van der Waals surface area contributed by atoms with Crippen LogP contribution in [0.25, 0.3) is 0 Å². The number of ether oxygens (including phenoxy) is 2. The highest BCUT2D eigenvalue weighted by Gasteiger charge is 2.19. The second-order valence-corrected chi connectivity index (χ2v) is 7.91. The molecule has 0 aliphatic carbocycles. The van der Waals surface area contributed by atoms with Crippen LogP contribution < -0.4 is 5.56 Å². The van der Waals surface area contributed by atoms with Crippen molar-refractivity contribution >= 4 is 23.3 Å². The summed E-state index contributed by atoms with van der Waals surface area (Å²) in [6.45, 7) is 11.7. The molecular formula is C25H29N3O7. The lowest BCUT2D eigenvalue weighted by molar-refractivity contribution is -0.139. The number of azo groups is 1. The topological polar surface area (TPSA) is 140 Å². The zero-order valence-electron chi connectivity index (χ0n) is 20.0. The monoisotopic (exact) mass is 483 g/mol. The average Bonchev–Trinajstić information content (AvgIpc) is 2.82. The van der Waals surface area contributed by atoms with Gasteiger partial charge in [0.15, 0.2) is 11.4 Å². The number of carbonyl (C=O) groups excluding carboxylic acids is 2. The summed E-state index contributed by atoms with van der Waals surface area (Å²) in [6, 6.07) is 6.97. The Bertz CT molecular complexity index is 1210. The highest BCUT2D eigenvalue weighted by molar-refractivity contribution is 5.87. The van der Waals surface area contributed by atoms with E-state index in [-0.39, 0.29) is 43.0 Å². The number of carbonyl (C=O) groups is 2. The molecule has 0 aliphatic heterocycles. The van der Waals surface area contributed by atoms with Gasteiger partial charge in [-0.3, -0.25) is 9.36 Å². The molecule has 1 aromatic heterocycles. The van der Waals surface area contributed by atoms with Gasteiger partial charge < -0.3 is 19.7 Å². The summed E-state index contributed by atoms with van der Waals surface area (Å²) in [6.07, 6.45) is 0.728. The van der Waals surface area contributed by atoms with Crippen LogP contribution in [0.1, 0.15) is 31.4 Å². The van der Waals surface area contributed by atoms with E-state index < -0.39 is 29.1 Å². The number of rotatable bonds is 11. The van der Waals surface area contributed by atoms with Gasteiger partial charge in [-0.2, -0.15) is 5.11 Å². The molecule has 2 rings (SSSR count). The normalized spacial score (nSPS) is 10.8. The summed E-state index contributed by atoms with van der Waals surface area (Å²) in [5.41, 5.74) is 1.20. The Morgan fingerprint density at radius 1 is 0.971 bits per heavy atom. The lowest BCUT2D eigenvalue weighted by atomic mass is 10.1. The lowest BCUT2D eigenvalue weighted by Gasteiger charge is -2.13. The Balaban J connectivity index is 2.11. The molecule has 0 radical (unpaired) electrons. The van der Waals surface area contributed by atoms with Crippen LogP contribution in [-0.2, 0) is 32.0 Å². The third kappa shape index (κ3) is 7.39. The maximum atomic E-state index is 12.4. The lowest BCUT2D eigenvalue weighted by Crippen LogP contribution is -2.21. The van der Waals surface area contributed by atoms with Crippen LogP contribution in [0.5, 0.6) is 11.6 Å². The van der Waals surface area contributed by atoms with E-state index in [0.717, 1.165) is 10.1 Å². The van der Waals surface area contributed by atoms with Gasteiger partial charge in [-0.25, -0.2) is 9.59 Å². The predicted molar refractivity (Wildman–Crippen MR) is 129 cm³/mol. The summed E-state index contributed by atoms with van der Waals surface area (Å²) >= 11 is 0. The van der Waals surface area contributed by atoms with Crippen molar-refractivity contribution in [3.63, 3.8) is 0 Å². The van der Waals surface area contributed by atoms with Gasteiger partial charge in [0.25, 0.3) is 5.56 Å². The Hall–Kier alpha value is -4.21. The molecule has 0 fully saturated rings. The molecule has 0 saturated carbocycles. The Morgan fingerprint density at radius 2 is 1.54 bits per heavy atom. The van der Waals surface area contributed by atoms with Crippen molar-refractivity contribution in [3.8, 4) is 11.6 Å². The van der Waals surface area contributed by atoms with Crippen molar-refractivity contribution in [3.05, 3.63) is 70.1 Å². The molecule has 10 heteroatoms. The van der Waals surface area contributed by atoms with Crippen LogP contribution >= 0.6 is 0 Å². The van der Waals surface area contributed by atoms with Gasteiger partial charge in [0.05, 0.1) is 18.9 Å². The molecule has 10 nitrogen and oxygen atoms in total. The molecule has 0 unspecified atom stereocenters. The second kappa shape index (κ2) is 12.3. The molecule has 0 saturated heterocycles. The molecule has 0 bridgehead atoms. The predicted octanol–water partition coefficient (Wildman–Crippen LogP) is 4.15. The van der Waals surface area contributed by atoms with Gasteiger partial charge in [0, 0.05) is 29.7 Å². The number of nitrogens with zero attached hydrogens (tertiary/aromatic N) is 3. The van der Waals surface area contributed by atoms with Gasteiger partial charge in [0.2, 0.25) is 5.88 Å². The SMILES string of the molecule is C=C(C)C(=O)OCCCn1c(O)c(/N=N/c2ccc(CCOC(=O)C(=C)C)cc2)c(C)c(O)c1=O. The molecular weight excluding hydrogens is 454 g/mol. The largest absolute Gasteiger partial charge is 0.503 e. The van der Waals surface area contributed by atoms with Gasteiger partial charge in [-0.15, -0.1) is 5.11 Å². The average molecular weight is 484 g/mol. The zero-order chi connectivity index (χ0) is 26.1. The number of benzene rings is 1. The quantitative estimate of drug-likeness (QED) is 0.212. The Kier molecular flexibility index (Phi) is 9.51. The third-order valence-electron chi connectivity index (χ3n) is 4.91. The summed E-state index contributed by atoms with van der Waals surface area (Å²) in [4.78, 5) is 35.3. The number of pyridine rings is 1. The first kappa shape index (κ1) is 27.0. The van der Waals surface area contributed by atoms with E-state index in [2.05, 4.69) is 23.4 Å². The van der Waals surface area contributed by atoms with E-state index in [4.69, 9.17) is 9.47 Å². The fourth-order valence-electron chi connectivity index (χ4n) is 2.85. The maximum Gasteiger partial charge on any atom is 0.333 e. The second-order valence-electron chi connectivity index (χ2n) is 7.91. The minimum Gasteiger partial charge on any atom is -0.503 e. The Morgan fingerprint density at radius 3 is 2.11 bits per heavy atom. The first-order valence-electron chi connectivity index (χ1n) is 10.8. The van der Waals surface area contributed by atoms with E-state index >= 15 is 0 Å². The summed E-state index contributed by atoms with van der Waals surface area (Å²) in [7, 11) is 0. The minimum absolute atomic E-state index is 0.00179. The number of esters is 2. The third-order valence-corrected chi connectivity index (χ3v) is 4.91. The number of aromatic nitrogens is 1. The highest BCUT2D eigenvalue weighted by atomic mass is 16.5. The van der Waals surface area contributed by atoms with E-state index in [1.807, 2.05) is 0 Å². The van der Waals surface area contributed by atoms with E-state index in [0.29, 0.717) is 17.7 Å². The van der Waals surface area contributed by atoms with E-state index in [9.17, 15) is 24.6 Å². The summed E-state index contributed by atoms with van der Waals surface area (Å²) in [5, 5.41) is 28.9. The highest BCUT2D eigenvalue weighted by Crippen LogP contribution is 2.34. The fraction of sp³-hybridized carbons (Fsp3) is 0.320. The fourth-order valence-corrected chi connectivity index (χ4v) is 2.85. The van der Waals surface area contributed by atoms with Gasteiger partial charge >= 0.3 is 11.9 Å². The summed E-state index contributed by atoms with van der Waals surface area (Å²) < 4.78 is 11.0. The van der Waals surface area contributed by atoms with Crippen LogP contribution in [-0.4, -0.2) is 39.9 Å². The molecule has 0 aliphatic rings.